The summed E-state index contributed by atoms with van der Waals surface area (Å²) in [5, 5.41) is 0. The third kappa shape index (κ3) is 5.52. The molecule has 0 N–H and O–H groups in total. The van der Waals surface area contributed by atoms with E-state index in [4.69, 9.17) is 14.2 Å². The minimum absolute atomic E-state index is 0.180. The van der Waals surface area contributed by atoms with E-state index in [1.54, 1.807) is 21.3 Å². The summed E-state index contributed by atoms with van der Waals surface area (Å²) in [7, 11) is 4.95. The van der Waals surface area contributed by atoms with Crippen molar-refractivity contribution in [3.8, 4) is 5.75 Å². The molecule has 0 bridgehead atoms. The lowest BCUT2D eigenvalue weighted by Crippen LogP contribution is -2.39. The second-order valence-corrected chi connectivity index (χ2v) is 9.42. The fraction of sp³-hybridized carbons (Fsp3) is 0.556. The van der Waals surface area contributed by atoms with Gasteiger partial charge in [-0.25, -0.2) is 0 Å². The van der Waals surface area contributed by atoms with E-state index in [1.807, 2.05) is 30.3 Å². The average molecular weight is 478 g/mol. The zero-order chi connectivity index (χ0) is 24.3. The Morgan fingerprint density at radius 3 is 2.21 bits per heavy atom. The Bertz CT molecular complexity index is 935. The van der Waals surface area contributed by atoms with Crippen molar-refractivity contribution in [2.75, 3.05) is 39.3 Å². The molecule has 1 saturated heterocycles. The molecule has 2 aliphatic rings. The highest BCUT2D eigenvalue weighted by Crippen LogP contribution is 2.46. The highest BCUT2D eigenvalue weighted by atomic mass is 19.4. The van der Waals surface area contributed by atoms with Crippen LogP contribution in [-0.4, -0.2) is 46.9 Å². The van der Waals surface area contributed by atoms with Gasteiger partial charge in [-0.1, -0.05) is 18.2 Å². The van der Waals surface area contributed by atoms with Gasteiger partial charge in [0, 0.05) is 51.3 Å². The number of fused-ring (bicyclic) bond motifs is 1. The van der Waals surface area contributed by atoms with Crippen LogP contribution in [0.25, 0.3) is 0 Å². The normalized spacial score (nSPS) is 21.6. The number of ether oxygens (including phenoxy) is 3. The zero-order valence-corrected chi connectivity index (χ0v) is 20.1. The van der Waals surface area contributed by atoms with E-state index in [-0.39, 0.29) is 12.2 Å². The van der Waals surface area contributed by atoms with Gasteiger partial charge in [0.1, 0.15) is 5.75 Å². The van der Waals surface area contributed by atoms with Crippen LogP contribution in [0.15, 0.2) is 42.5 Å². The van der Waals surface area contributed by atoms with E-state index in [0.717, 1.165) is 54.1 Å². The predicted octanol–water partition coefficient (Wildman–Crippen LogP) is 6.18. The van der Waals surface area contributed by atoms with E-state index in [9.17, 15) is 13.2 Å². The topological polar surface area (TPSA) is 30.9 Å². The SMILES string of the molecule is COc1ccc2c(c1)CC[C@H](CC(F)(F)F)[C@@H]2c1ccc(N2CCC(C(OC)OC)CC2)cc1. The van der Waals surface area contributed by atoms with Gasteiger partial charge in [-0.3, -0.25) is 0 Å². The summed E-state index contributed by atoms with van der Waals surface area (Å²) in [5.41, 5.74) is 4.12. The second kappa shape index (κ2) is 10.6. The highest BCUT2D eigenvalue weighted by molar-refractivity contribution is 5.51. The number of aryl methyl sites for hydroxylation is 1. The maximum atomic E-state index is 13.4. The van der Waals surface area contributed by atoms with E-state index in [2.05, 4.69) is 17.0 Å². The Morgan fingerprint density at radius 1 is 0.941 bits per heavy atom. The summed E-state index contributed by atoms with van der Waals surface area (Å²) in [5.74, 6) is 0.363. The summed E-state index contributed by atoms with van der Waals surface area (Å²) in [6.07, 6.45) is -2.03. The minimum atomic E-state index is -4.18. The minimum Gasteiger partial charge on any atom is -0.497 e. The molecule has 2 aromatic carbocycles. The molecule has 186 valence electrons. The molecule has 0 radical (unpaired) electrons. The smallest absolute Gasteiger partial charge is 0.389 e. The van der Waals surface area contributed by atoms with Gasteiger partial charge in [0.05, 0.1) is 7.11 Å². The molecule has 1 fully saturated rings. The van der Waals surface area contributed by atoms with Crippen LogP contribution in [0.1, 0.15) is 48.3 Å². The van der Waals surface area contributed by atoms with Gasteiger partial charge in [-0.2, -0.15) is 13.2 Å². The third-order valence-corrected chi connectivity index (χ3v) is 7.44. The molecule has 0 unspecified atom stereocenters. The van der Waals surface area contributed by atoms with Gasteiger partial charge in [0.2, 0.25) is 0 Å². The summed E-state index contributed by atoms with van der Waals surface area (Å²) in [6, 6.07) is 13.9. The van der Waals surface area contributed by atoms with Gasteiger partial charge in [-0.05, 0) is 72.6 Å². The Morgan fingerprint density at radius 2 is 1.62 bits per heavy atom. The molecule has 4 rings (SSSR count). The van der Waals surface area contributed by atoms with Crippen LogP contribution in [0.3, 0.4) is 0 Å². The third-order valence-electron chi connectivity index (χ3n) is 7.44. The van der Waals surface area contributed by atoms with Gasteiger partial charge < -0.3 is 19.1 Å². The molecule has 0 spiro atoms. The van der Waals surface area contributed by atoms with Crippen LogP contribution in [0.5, 0.6) is 5.75 Å². The Labute approximate surface area is 200 Å². The quantitative estimate of drug-likeness (QED) is 0.446. The number of rotatable bonds is 7. The predicted molar refractivity (Wildman–Crippen MR) is 127 cm³/mol. The van der Waals surface area contributed by atoms with Crippen LogP contribution in [0.2, 0.25) is 0 Å². The van der Waals surface area contributed by atoms with E-state index < -0.39 is 18.5 Å². The standard InChI is InChI=1S/C27H34F3NO3/c1-32-23-10-11-24-20(16-23)4-5-21(17-27(28,29)30)25(24)18-6-8-22(9-7-18)31-14-12-19(13-15-31)26(33-2)34-3/h6-11,16,19,21,25-26H,4-5,12-15,17H2,1-3H3/t21-,25+/m1/s1. The van der Waals surface area contributed by atoms with Crippen molar-refractivity contribution in [1.29, 1.82) is 0 Å². The maximum Gasteiger partial charge on any atom is 0.389 e. The van der Waals surface area contributed by atoms with Crippen LogP contribution in [0, 0.1) is 11.8 Å². The number of hydrogen-bond acceptors (Lipinski definition) is 4. The van der Waals surface area contributed by atoms with Crippen LogP contribution >= 0.6 is 0 Å². The van der Waals surface area contributed by atoms with Crippen molar-refractivity contribution in [1.82, 2.24) is 0 Å². The number of methoxy groups -OCH3 is 3. The molecule has 0 aromatic heterocycles. The fourth-order valence-electron chi connectivity index (χ4n) is 5.76. The van der Waals surface area contributed by atoms with Crippen LogP contribution in [0.4, 0.5) is 18.9 Å². The van der Waals surface area contributed by atoms with Crippen molar-refractivity contribution in [3.63, 3.8) is 0 Å². The highest BCUT2D eigenvalue weighted by Gasteiger charge is 2.39. The molecule has 2 aromatic rings. The zero-order valence-electron chi connectivity index (χ0n) is 20.1. The van der Waals surface area contributed by atoms with Gasteiger partial charge in [0.25, 0.3) is 0 Å². The summed E-state index contributed by atoms with van der Waals surface area (Å²) in [4.78, 5) is 2.33. The van der Waals surface area contributed by atoms with Gasteiger partial charge in [0.15, 0.2) is 6.29 Å². The lowest BCUT2D eigenvalue weighted by atomic mass is 9.70. The molecule has 7 heteroatoms. The molecule has 2 atom stereocenters. The lowest BCUT2D eigenvalue weighted by molar-refractivity contribution is -0.146. The van der Waals surface area contributed by atoms with Gasteiger partial charge >= 0.3 is 6.18 Å². The molecular weight excluding hydrogens is 443 g/mol. The first-order chi connectivity index (χ1) is 16.3. The van der Waals surface area contributed by atoms with Crippen molar-refractivity contribution in [3.05, 3.63) is 59.2 Å². The number of piperidine rings is 1. The van der Waals surface area contributed by atoms with Crippen LogP contribution in [-0.2, 0) is 15.9 Å². The summed E-state index contributed by atoms with van der Waals surface area (Å²) >= 11 is 0. The molecule has 1 aliphatic carbocycles. The van der Waals surface area contributed by atoms with E-state index in [1.165, 1.54) is 0 Å². The molecule has 1 heterocycles. The molecular formula is C27H34F3NO3. The summed E-state index contributed by atoms with van der Waals surface area (Å²) < 4.78 is 56.5. The number of halogens is 3. The Kier molecular flexibility index (Phi) is 7.73. The molecule has 0 amide bonds. The first-order valence-electron chi connectivity index (χ1n) is 12.0. The number of nitrogens with zero attached hydrogens (tertiary/aromatic N) is 1. The van der Waals surface area contributed by atoms with Crippen molar-refractivity contribution >= 4 is 5.69 Å². The number of anilines is 1. The Hall–Kier alpha value is -2.25. The van der Waals surface area contributed by atoms with Crippen molar-refractivity contribution in [2.45, 2.75) is 50.5 Å². The largest absolute Gasteiger partial charge is 0.497 e. The average Bonchev–Trinajstić information content (AvgIpc) is 2.84. The first-order valence-corrected chi connectivity index (χ1v) is 12.0. The molecule has 4 nitrogen and oxygen atoms in total. The molecule has 34 heavy (non-hydrogen) atoms. The Balaban J connectivity index is 1.55. The number of hydrogen-bond donors (Lipinski definition) is 0. The monoisotopic (exact) mass is 477 g/mol. The fourth-order valence-corrected chi connectivity index (χ4v) is 5.76. The van der Waals surface area contributed by atoms with E-state index >= 15 is 0 Å². The maximum absolute atomic E-state index is 13.4. The number of alkyl halides is 3. The molecule has 0 saturated carbocycles. The first kappa shape index (κ1) is 24.9. The summed E-state index contributed by atoms with van der Waals surface area (Å²) in [6.45, 7) is 1.80. The van der Waals surface area contributed by atoms with E-state index in [0.29, 0.717) is 18.8 Å². The van der Waals surface area contributed by atoms with Crippen molar-refractivity contribution in [2.24, 2.45) is 11.8 Å². The van der Waals surface area contributed by atoms with Gasteiger partial charge in [-0.15, -0.1) is 0 Å². The van der Waals surface area contributed by atoms with Crippen LogP contribution < -0.4 is 9.64 Å². The lowest BCUT2D eigenvalue weighted by Gasteiger charge is -2.37. The van der Waals surface area contributed by atoms with Crippen molar-refractivity contribution < 1.29 is 27.4 Å². The molecule has 1 aliphatic heterocycles. The number of benzene rings is 2. The second-order valence-electron chi connectivity index (χ2n) is 9.42.